The number of rotatable bonds is 12. The molecule has 1 heteroatoms. The van der Waals surface area contributed by atoms with Gasteiger partial charge in [-0.25, -0.2) is 0 Å². The van der Waals surface area contributed by atoms with Crippen LogP contribution in [-0.4, -0.2) is 4.98 Å². The minimum atomic E-state index is 0. The molecule has 0 atom stereocenters. The monoisotopic (exact) mass is 523 g/mol. The molecule has 0 bridgehead atoms. The lowest BCUT2D eigenvalue weighted by molar-refractivity contribution is 0.838. The topological polar surface area (TPSA) is 12.9 Å². The maximum atomic E-state index is 5.13. The lowest BCUT2D eigenvalue weighted by Crippen LogP contribution is -2.04. The van der Waals surface area contributed by atoms with Gasteiger partial charge in [-0.05, 0) is 109 Å². The fourth-order valence-corrected chi connectivity index (χ4v) is 4.97. The summed E-state index contributed by atoms with van der Waals surface area (Å²) in [5.74, 6) is 0. The van der Waals surface area contributed by atoms with E-state index in [4.69, 9.17) is 4.98 Å². The first kappa shape index (κ1) is 33.8. The lowest BCUT2D eigenvalue weighted by atomic mass is 9.98. The predicted molar refractivity (Wildman–Crippen MR) is 174 cm³/mol. The average molecular weight is 524 g/mol. The molecule has 0 radical (unpaired) electrons. The van der Waals surface area contributed by atoms with Crippen molar-refractivity contribution in [3.63, 3.8) is 0 Å². The van der Waals surface area contributed by atoms with Crippen LogP contribution in [0.25, 0.3) is 0 Å². The van der Waals surface area contributed by atoms with E-state index >= 15 is 0 Å². The summed E-state index contributed by atoms with van der Waals surface area (Å²) in [4.78, 5) is 5.13. The van der Waals surface area contributed by atoms with Crippen molar-refractivity contribution in [3.8, 4) is 0 Å². The Hall–Kier alpha value is -3.19. The highest BCUT2D eigenvalue weighted by molar-refractivity contribution is 5.30. The molecule has 0 spiro atoms. The van der Waals surface area contributed by atoms with E-state index in [2.05, 4.69) is 106 Å². The van der Waals surface area contributed by atoms with Gasteiger partial charge < -0.3 is 0 Å². The Morgan fingerprint density at radius 2 is 0.692 bits per heavy atom. The van der Waals surface area contributed by atoms with Crippen LogP contribution in [-0.2, 0) is 57.8 Å². The first-order chi connectivity index (χ1) is 17.6. The van der Waals surface area contributed by atoms with Gasteiger partial charge in [-0.1, -0.05) is 116 Å². The van der Waals surface area contributed by atoms with E-state index < -0.39 is 0 Å². The largest absolute Gasteiger partial charge is 0.258 e. The Kier molecular flexibility index (Phi) is 15.1. The van der Waals surface area contributed by atoms with Crippen molar-refractivity contribution < 1.29 is 0 Å². The summed E-state index contributed by atoms with van der Waals surface area (Å²) >= 11 is 0. The van der Waals surface area contributed by atoms with Crippen LogP contribution in [0.4, 0.5) is 0 Å². The highest BCUT2D eigenvalue weighted by Crippen LogP contribution is 2.17. The van der Waals surface area contributed by atoms with Gasteiger partial charge in [-0.15, -0.1) is 0 Å². The normalized spacial score (nSPS) is 10.2. The number of hydrogen-bond acceptors (Lipinski definition) is 1. The van der Waals surface area contributed by atoms with E-state index in [9.17, 15) is 0 Å². The quantitative estimate of drug-likeness (QED) is 0.180. The third kappa shape index (κ3) is 10.5. The number of benzene rings is 3. The highest BCUT2D eigenvalue weighted by Gasteiger charge is 2.07. The van der Waals surface area contributed by atoms with Gasteiger partial charge in [0.2, 0.25) is 0 Å². The van der Waals surface area contributed by atoms with E-state index in [0.29, 0.717) is 0 Å². The summed E-state index contributed by atoms with van der Waals surface area (Å²) in [6, 6.07) is 31.8. The first-order valence-corrected chi connectivity index (χ1v) is 13.9. The van der Waals surface area contributed by atoms with E-state index in [1.807, 2.05) is 0 Å². The zero-order valence-corrected chi connectivity index (χ0v) is 22.4. The van der Waals surface area contributed by atoms with Crippen LogP contribution >= 0.6 is 0 Å². The Morgan fingerprint density at radius 3 is 1.05 bits per heavy atom. The van der Waals surface area contributed by atoms with Crippen LogP contribution in [0.3, 0.4) is 0 Å². The summed E-state index contributed by atoms with van der Waals surface area (Å²) in [6.07, 6.45) is 9.47. The molecule has 0 aliphatic rings. The average Bonchev–Trinajstić information content (AvgIpc) is 2.94. The summed E-state index contributed by atoms with van der Waals surface area (Å²) < 4.78 is 0. The number of nitrogens with zero attached hydrogens (tertiary/aromatic N) is 1. The van der Waals surface area contributed by atoms with E-state index in [0.717, 1.165) is 57.8 Å². The van der Waals surface area contributed by atoms with Gasteiger partial charge >= 0.3 is 0 Å². The third-order valence-electron chi connectivity index (χ3n) is 7.23. The Bertz CT molecular complexity index is 1080. The highest BCUT2D eigenvalue weighted by atomic mass is 14.7. The van der Waals surface area contributed by atoms with Crippen molar-refractivity contribution in [2.45, 2.75) is 101 Å². The standard InChI is InChI=1S/C35H41N.3CH4/c1-4-27-10-7-13-30(22-27)16-17-33-25-34(20-18-31-14-8-11-28(5-2)23-31)36-35(26-33)21-19-32-15-9-12-29(6-3)24-32;;;/h7-15,22-26H,4-6,16-21H2,1-3H3;3*1H4. The van der Waals surface area contributed by atoms with Crippen molar-refractivity contribution in [2.24, 2.45) is 0 Å². The molecule has 0 aliphatic heterocycles. The van der Waals surface area contributed by atoms with Gasteiger partial charge in [0.15, 0.2) is 0 Å². The summed E-state index contributed by atoms with van der Waals surface area (Å²) in [6.45, 7) is 6.68. The Morgan fingerprint density at radius 1 is 0.385 bits per heavy atom. The Balaban J connectivity index is 0.00000253. The molecular formula is C38H53N. The molecule has 0 saturated heterocycles. The fourth-order valence-electron chi connectivity index (χ4n) is 4.97. The molecule has 39 heavy (non-hydrogen) atoms. The predicted octanol–water partition coefficient (Wildman–Crippen LogP) is 10.0. The van der Waals surface area contributed by atoms with E-state index in [1.165, 1.54) is 50.3 Å². The number of aromatic nitrogens is 1. The van der Waals surface area contributed by atoms with Gasteiger partial charge in [0.05, 0.1) is 0 Å². The molecule has 1 nitrogen and oxygen atoms in total. The third-order valence-corrected chi connectivity index (χ3v) is 7.23. The minimum absolute atomic E-state index is 0. The van der Waals surface area contributed by atoms with Crippen LogP contribution in [0, 0.1) is 0 Å². The van der Waals surface area contributed by atoms with E-state index in [1.54, 1.807) is 0 Å². The molecule has 4 aromatic rings. The van der Waals surface area contributed by atoms with Gasteiger partial charge in [0.25, 0.3) is 0 Å². The smallest absolute Gasteiger partial charge is 0.0413 e. The fraction of sp³-hybridized carbons (Fsp3) is 0.395. The SMILES string of the molecule is C.C.C.CCc1cccc(CCc2cc(CCc3cccc(CC)c3)nc(CCc3cccc(CC)c3)c2)c1. The molecule has 0 unspecified atom stereocenters. The van der Waals surface area contributed by atoms with Crippen molar-refractivity contribution in [1.82, 2.24) is 4.98 Å². The van der Waals surface area contributed by atoms with Crippen LogP contribution in [0.1, 0.15) is 93.4 Å². The first-order valence-electron chi connectivity index (χ1n) is 13.9. The number of pyridine rings is 1. The van der Waals surface area contributed by atoms with E-state index in [-0.39, 0.29) is 22.3 Å². The van der Waals surface area contributed by atoms with Crippen molar-refractivity contribution in [2.75, 3.05) is 0 Å². The maximum absolute atomic E-state index is 5.13. The van der Waals surface area contributed by atoms with Crippen molar-refractivity contribution in [1.29, 1.82) is 0 Å². The molecule has 0 fully saturated rings. The van der Waals surface area contributed by atoms with Crippen molar-refractivity contribution in [3.05, 3.63) is 135 Å². The molecule has 0 saturated carbocycles. The molecule has 210 valence electrons. The van der Waals surface area contributed by atoms with Crippen LogP contribution in [0.15, 0.2) is 84.9 Å². The van der Waals surface area contributed by atoms with Crippen LogP contribution in [0.5, 0.6) is 0 Å². The second-order valence-electron chi connectivity index (χ2n) is 9.98. The summed E-state index contributed by atoms with van der Waals surface area (Å²) in [7, 11) is 0. The minimum Gasteiger partial charge on any atom is -0.258 e. The number of hydrogen-bond donors (Lipinski definition) is 0. The molecule has 4 rings (SSSR count). The molecular weight excluding hydrogens is 470 g/mol. The molecule has 0 N–H and O–H groups in total. The zero-order chi connectivity index (χ0) is 25.2. The lowest BCUT2D eigenvalue weighted by Gasteiger charge is -2.11. The maximum Gasteiger partial charge on any atom is 0.0413 e. The van der Waals surface area contributed by atoms with Gasteiger partial charge in [-0.2, -0.15) is 0 Å². The van der Waals surface area contributed by atoms with Crippen LogP contribution in [0.2, 0.25) is 0 Å². The zero-order valence-electron chi connectivity index (χ0n) is 22.4. The summed E-state index contributed by atoms with van der Waals surface area (Å²) in [5, 5.41) is 0. The second-order valence-corrected chi connectivity index (χ2v) is 9.98. The van der Waals surface area contributed by atoms with Crippen LogP contribution < -0.4 is 0 Å². The molecule has 3 aromatic carbocycles. The number of aryl methyl sites for hydroxylation is 9. The molecule has 0 aliphatic carbocycles. The molecule has 1 aromatic heterocycles. The van der Waals surface area contributed by atoms with Crippen molar-refractivity contribution >= 4 is 0 Å². The van der Waals surface area contributed by atoms with Gasteiger partial charge in [0.1, 0.15) is 0 Å². The van der Waals surface area contributed by atoms with Gasteiger partial charge in [-0.3, -0.25) is 4.98 Å². The van der Waals surface area contributed by atoms with Gasteiger partial charge in [0, 0.05) is 11.4 Å². The summed E-state index contributed by atoms with van der Waals surface area (Å²) in [5.41, 5.74) is 12.4. The molecule has 1 heterocycles. The second kappa shape index (κ2) is 17.4. The Labute approximate surface area is 240 Å². The molecule has 0 amide bonds.